The van der Waals surface area contributed by atoms with E-state index in [2.05, 4.69) is 0 Å². The highest BCUT2D eigenvalue weighted by Gasteiger charge is 2.22. The molecule has 9 heteroatoms. The van der Waals surface area contributed by atoms with E-state index in [9.17, 15) is 14.9 Å². The third-order valence-corrected chi connectivity index (χ3v) is 4.31. The van der Waals surface area contributed by atoms with Crippen LogP contribution in [0.1, 0.15) is 23.1 Å². The van der Waals surface area contributed by atoms with Crippen molar-refractivity contribution >= 4 is 11.7 Å². The molecule has 1 N–H and O–H groups in total. The van der Waals surface area contributed by atoms with Crippen LogP contribution in [0.3, 0.4) is 0 Å². The number of nitro groups is 1. The molecule has 0 aliphatic carbocycles. The first kappa shape index (κ1) is 21.7. The van der Waals surface area contributed by atoms with E-state index in [1.165, 1.54) is 26.4 Å². The third-order valence-electron chi connectivity index (χ3n) is 4.31. The lowest BCUT2D eigenvalue weighted by atomic mass is 10.1. The lowest BCUT2D eigenvalue weighted by molar-refractivity contribution is -0.385. The summed E-state index contributed by atoms with van der Waals surface area (Å²) in [4.78, 5) is 23.9. The second-order valence-electron chi connectivity index (χ2n) is 6.26. The van der Waals surface area contributed by atoms with Gasteiger partial charge >= 0.3 is 5.97 Å². The number of nitrogens with zero attached hydrogens (tertiary/aromatic N) is 3. The van der Waals surface area contributed by atoms with E-state index in [-0.39, 0.29) is 30.9 Å². The number of rotatable bonds is 10. The molecular formula is C20H21N3O6. The Morgan fingerprint density at radius 1 is 1.17 bits per heavy atom. The zero-order valence-corrected chi connectivity index (χ0v) is 16.1. The Labute approximate surface area is 167 Å². The minimum absolute atomic E-state index is 0.114. The molecule has 0 aromatic heterocycles. The smallest absolute Gasteiger partial charge is 0.304 e. The summed E-state index contributed by atoms with van der Waals surface area (Å²) in [6.07, 6.45) is -0.114. The maximum atomic E-state index is 11.5. The van der Waals surface area contributed by atoms with Gasteiger partial charge in [0.2, 0.25) is 0 Å². The average molecular weight is 399 g/mol. The molecular weight excluding hydrogens is 378 g/mol. The first-order valence-electron chi connectivity index (χ1n) is 8.70. The summed E-state index contributed by atoms with van der Waals surface area (Å²) < 4.78 is 10.4. The lowest BCUT2D eigenvalue weighted by Gasteiger charge is -2.22. The Bertz CT molecular complexity index is 921. The number of nitro benzene ring substituents is 1. The molecule has 2 rings (SSSR count). The zero-order chi connectivity index (χ0) is 21.4. The molecule has 2 aromatic carbocycles. The minimum Gasteiger partial charge on any atom is -0.493 e. The van der Waals surface area contributed by atoms with Crippen molar-refractivity contribution in [1.29, 1.82) is 5.26 Å². The van der Waals surface area contributed by atoms with Crippen molar-refractivity contribution < 1.29 is 24.3 Å². The van der Waals surface area contributed by atoms with E-state index in [0.717, 1.165) is 5.56 Å². The van der Waals surface area contributed by atoms with Crippen LogP contribution in [0.15, 0.2) is 36.4 Å². The van der Waals surface area contributed by atoms with Crippen LogP contribution in [0.5, 0.6) is 11.5 Å². The first-order valence-corrected chi connectivity index (χ1v) is 8.70. The predicted octanol–water partition coefficient (Wildman–Crippen LogP) is 2.96. The van der Waals surface area contributed by atoms with Crippen LogP contribution in [-0.2, 0) is 17.9 Å². The lowest BCUT2D eigenvalue weighted by Crippen LogP contribution is -2.26. The van der Waals surface area contributed by atoms with Crippen molar-refractivity contribution in [3.8, 4) is 17.6 Å². The van der Waals surface area contributed by atoms with Gasteiger partial charge in [0.1, 0.15) is 0 Å². The Balaban J connectivity index is 2.34. The molecule has 2 aromatic rings. The normalized spacial score (nSPS) is 10.4. The number of methoxy groups -OCH3 is 2. The zero-order valence-electron chi connectivity index (χ0n) is 16.1. The van der Waals surface area contributed by atoms with Gasteiger partial charge in [0.15, 0.2) is 11.5 Å². The number of nitriles is 1. The first-order chi connectivity index (χ1) is 13.9. The van der Waals surface area contributed by atoms with Crippen LogP contribution in [0.4, 0.5) is 5.69 Å². The van der Waals surface area contributed by atoms with Gasteiger partial charge in [-0.05, 0) is 23.8 Å². The monoisotopic (exact) mass is 399 g/mol. The SMILES string of the molecule is COc1cc(CN(CCC(=O)O)Cc2ccc(C#N)cc2)c([N+](=O)[O-])cc1OC. The molecule has 0 unspecified atom stereocenters. The number of hydrogen-bond donors (Lipinski definition) is 1. The van der Waals surface area contributed by atoms with Crippen LogP contribution in [0, 0.1) is 21.4 Å². The van der Waals surface area contributed by atoms with E-state index in [1.807, 2.05) is 6.07 Å². The highest BCUT2D eigenvalue weighted by atomic mass is 16.6. The van der Waals surface area contributed by atoms with E-state index in [4.69, 9.17) is 19.8 Å². The summed E-state index contributed by atoms with van der Waals surface area (Å²) in [5.41, 5.74) is 1.62. The molecule has 0 amide bonds. The van der Waals surface area contributed by atoms with Crippen molar-refractivity contribution in [3.63, 3.8) is 0 Å². The van der Waals surface area contributed by atoms with E-state index >= 15 is 0 Å². The van der Waals surface area contributed by atoms with Gasteiger partial charge in [-0.2, -0.15) is 5.26 Å². The second-order valence-corrected chi connectivity index (χ2v) is 6.26. The molecule has 9 nitrogen and oxygen atoms in total. The number of carboxylic acids is 1. The molecule has 0 spiro atoms. The second kappa shape index (κ2) is 10.1. The summed E-state index contributed by atoms with van der Waals surface area (Å²) in [5, 5.41) is 29.5. The van der Waals surface area contributed by atoms with E-state index < -0.39 is 10.9 Å². The molecule has 0 aliphatic heterocycles. The number of carbonyl (C=O) groups is 1. The summed E-state index contributed by atoms with van der Waals surface area (Å²) in [6, 6.07) is 11.8. The van der Waals surface area contributed by atoms with Gasteiger partial charge < -0.3 is 14.6 Å². The molecule has 0 saturated carbocycles. The molecule has 0 aliphatic rings. The van der Waals surface area contributed by atoms with Crippen LogP contribution < -0.4 is 9.47 Å². The third kappa shape index (κ3) is 5.92. The van der Waals surface area contributed by atoms with Gasteiger partial charge in [-0.3, -0.25) is 19.8 Å². The van der Waals surface area contributed by atoms with Crippen molar-refractivity contribution in [3.05, 3.63) is 63.2 Å². The number of benzene rings is 2. The predicted molar refractivity (Wildman–Crippen MR) is 104 cm³/mol. The molecule has 0 heterocycles. The fraction of sp³-hybridized carbons (Fsp3) is 0.300. The fourth-order valence-corrected chi connectivity index (χ4v) is 2.86. The van der Waals surface area contributed by atoms with Gasteiger partial charge in [0.05, 0.1) is 43.3 Å². The summed E-state index contributed by atoms with van der Waals surface area (Å²) >= 11 is 0. The Morgan fingerprint density at radius 3 is 2.31 bits per heavy atom. The largest absolute Gasteiger partial charge is 0.493 e. The highest BCUT2D eigenvalue weighted by Crippen LogP contribution is 2.35. The number of ether oxygens (including phenoxy) is 2. The summed E-state index contributed by atoms with van der Waals surface area (Å²) in [5.74, 6) is -0.367. The van der Waals surface area contributed by atoms with Gasteiger partial charge in [-0.15, -0.1) is 0 Å². The van der Waals surface area contributed by atoms with Crippen LogP contribution in [-0.4, -0.2) is 41.7 Å². The maximum Gasteiger partial charge on any atom is 0.304 e. The minimum atomic E-state index is -0.961. The van der Waals surface area contributed by atoms with E-state index in [0.29, 0.717) is 23.4 Å². The van der Waals surface area contributed by atoms with Crippen LogP contribution in [0.25, 0.3) is 0 Å². The van der Waals surface area contributed by atoms with Gasteiger partial charge in [0.25, 0.3) is 5.69 Å². The van der Waals surface area contributed by atoms with Gasteiger partial charge in [-0.1, -0.05) is 12.1 Å². The molecule has 0 saturated heterocycles. The van der Waals surface area contributed by atoms with Crippen LogP contribution >= 0.6 is 0 Å². The van der Waals surface area contributed by atoms with Gasteiger partial charge in [0, 0.05) is 25.2 Å². The van der Waals surface area contributed by atoms with Gasteiger partial charge in [-0.25, -0.2) is 0 Å². The molecule has 0 radical (unpaired) electrons. The maximum absolute atomic E-state index is 11.5. The summed E-state index contributed by atoms with van der Waals surface area (Å²) in [6.45, 7) is 0.704. The quantitative estimate of drug-likeness (QED) is 0.477. The molecule has 0 bridgehead atoms. The van der Waals surface area contributed by atoms with E-state index in [1.54, 1.807) is 29.2 Å². The molecule has 0 fully saturated rings. The van der Waals surface area contributed by atoms with Crippen molar-refractivity contribution in [1.82, 2.24) is 4.90 Å². The molecule has 152 valence electrons. The Morgan fingerprint density at radius 2 is 1.79 bits per heavy atom. The van der Waals surface area contributed by atoms with Crippen molar-refractivity contribution in [2.75, 3.05) is 20.8 Å². The highest BCUT2D eigenvalue weighted by molar-refractivity contribution is 5.66. The fourth-order valence-electron chi connectivity index (χ4n) is 2.86. The topological polar surface area (TPSA) is 126 Å². The summed E-state index contributed by atoms with van der Waals surface area (Å²) in [7, 11) is 2.83. The molecule has 0 atom stereocenters. The standard InChI is InChI=1S/C20H21N3O6/c1-28-18-9-16(17(23(26)27)10-19(18)29-2)13-22(8-7-20(24)25)12-15-5-3-14(11-21)4-6-15/h3-6,9-10H,7-8,12-13H2,1-2H3,(H,24,25). The van der Waals surface area contributed by atoms with Crippen molar-refractivity contribution in [2.45, 2.75) is 19.5 Å². The molecule has 29 heavy (non-hydrogen) atoms. The number of carboxylic acid groups (broad SMARTS) is 1. The Kier molecular flexibility index (Phi) is 7.51. The van der Waals surface area contributed by atoms with Crippen LogP contribution in [0.2, 0.25) is 0 Å². The number of aliphatic carboxylic acids is 1. The number of hydrogen-bond acceptors (Lipinski definition) is 7. The Hall–Kier alpha value is -3.64. The van der Waals surface area contributed by atoms with Crippen molar-refractivity contribution in [2.24, 2.45) is 0 Å². The average Bonchev–Trinajstić information content (AvgIpc) is 2.71.